The molecule has 0 spiro atoms. The van der Waals surface area contributed by atoms with Crippen molar-refractivity contribution in [2.24, 2.45) is 5.92 Å². The van der Waals surface area contributed by atoms with E-state index in [-0.39, 0.29) is 25.2 Å². The largest absolute Gasteiger partial charge is 0.479 e. The summed E-state index contributed by atoms with van der Waals surface area (Å²) in [6.07, 6.45) is 3.86. The zero-order valence-electron chi connectivity index (χ0n) is 13.0. The van der Waals surface area contributed by atoms with Gasteiger partial charge in [0.25, 0.3) is 0 Å². The van der Waals surface area contributed by atoms with E-state index in [2.05, 4.69) is 5.32 Å². The molecule has 0 bridgehead atoms. The van der Waals surface area contributed by atoms with Crippen LogP contribution in [0.15, 0.2) is 30.3 Å². The van der Waals surface area contributed by atoms with Crippen molar-refractivity contribution in [1.82, 2.24) is 5.32 Å². The molecule has 118 valence electrons. The number of aliphatic hydroxyl groups is 1. The lowest BCUT2D eigenvalue weighted by molar-refractivity contribution is -0.117. The standard InChI is InChI=1S/C17H22N2O3/c1-13(2)11-15(12-20)19-17(21)8-5-14-3-6-16(7-4-14)22-10-9-18/h3-8,13,15,20H,10-12H2,1-2H3,(H,19,21)/b8-5+. The highest BCUT2D eigenvalue weighted by atomic mass is 16.5. The molecule has 1 aromatic carbocycles. The Kier molecular flexibility index (Phi) is 7.73. The molecular weight excluding hydrogens is 280 g/mol. The van der Waals surface area contributed by atoms with Crippen LogP contribution in [-0.4, -0.2) is 30.3 Å². The van der Waals surface area contributed by atoms with Crippen molar-refractivity contribution >= 4 is 12.0 Å². The lowest BCUT2D eigenvalue weighted by Gasteiger charge is -2.17. The van der Waals surface area contributed by atoms with Gasteiger partial charge >= 0.3 is 0 Å². The predicted octanol–water partition coefficient (Wildman–Crippen LogP) is 2.13. The van der Waals surface area contributed by atoms with Crippen LogP contribution in [0, 0.1) is 17.2 Å². The molecule has 22 heavy (non-hydrogen) atoms. The van der Waals surface area contributed by atoms with Crippen molar-refractivity contribution in [3.05, 3.63) is 35.9 Å². The molecule has 1 aromatic rings. The van der Waals surface area contributed by atoms with Crippen LogP contribution in [0.5, 0.6) is 5.75 Å². The van der Waals surface area contributed by atoms with E-state index in [0.29, 0.717) is 11.7 Å². The average molecular weight is 302 g/mol. The van der Waals surface area contributed by atoms with Crippen LogP contribution in [0.1, 0.15) is 25.8 Å². The molecule has 0 aliphatic rings. The first-order chi connectivity index (χ1) is 10.5. The summed E-state index contributed by atoms with van der Waals surface area (Å²) in [4.78, 5) is 11.8. The van der Waals surface area contributed by atoms with Crippen molar-refractivity contribution in [1.29, 1.82) is 5.26 Å². The van der Waals surface area contributed by atoms with Crippen LogP contribution in [0.4, 0.5) is 0 Å². The summed E-state index contributed by atoms with van der Waals surface area (Å²) in [5, 5.41) is 20.4. The van der Waals surface area contributed by atoms with Gasteiger partial charge < -0.3 is 15.2 Å². The summed E-state index contributed by atoms with van der Waals surface area (Å²) in [6.45, 7) is 4.03. The highest BCUT2D eigenvalue weighted by Gasteiger charge is 2.11. The molecule has 0 fully saturated rings. The highest BCUT2D eigenvalue weighted by molar-refractivity contribution is 5.91. The van der Waals surface area contributed by atoms with Gasteiger partial charge in [-0.1, -0.05) is 26.0 Å². The molecule has 0 aliphatic heterocycles. The number of amides is 1. The second-order valence-electron chi connectivity index (χ2n) is 5.37. The quantitative estimate of drug-likeness (QED) is 0.721. The van der Waals surface area contributed by atoms with Crippen LogP contribution in [0.2, 0.25) is 0 Å². The third-order valence-electron chi connectivity index (χ3n) is 2.93. The van der Waals surface area contributed by atoms with Gasteiger partial charge in [-0.3, -0.25) is 4.79 Å². The maximum absolute atomic E-state index is 11.8. The molecule has 0 saturated heterocycles. The van der Waals surface area contributed by atoms with E-state index in [9.17, 15) is 9.90 Å². The molecule has 5 nitrogen and oxygen atoms in total. The maximum atomic E-state index is 11.8. The predicted molar refractivity (Wildman–Crippen MR) is 85.1 cm³/mol. The van der Waals surface area contributed by atoms with Gasteiger partial charge in [0.2, 0.25) is 5.91 Å². The molecule has 0 aromatic heterocycles. The van der Waals surface area contributed by atoms with Gasteiger partial charge in [-0.15, -0.1) is 0 Å². The lowest BCUT2D eigenvalue weighted by Crippen LogP contribution is -2.37. The SMILES string of the molecule is CC(C)CC(CO)NC(=O)/C=C/c1ccc(OCC#N)cc1. The van der Waals surface area contributed by atoms with Gasteiger partial charge in [0.15, 0.2) is 6.61 Å². The van der Waals surface area contributed by atoms with Gasteiger partial charge in [-0.05, 0) is 36.1 Å². The third-order valence-corrected chi connectivity index (χ3v) is 2.93. The third kappa shape index (κ3) is 6.91. The summed E-state index contributed by atoms with van der Waals surface area (Å²) in [7, 11) is 0. The number of nitrogens with one attached hydrogen (secondary N) is 1. The molecular formula is C17H22N2O3. The Balaban J connectivity index is 2.52. The van der Waals surface area contributed by atoms with Crippen LogP contribution in [-0.2, 0) is 4.79 Å². The number of ether oxygens (including phenoxy) is 1. The Hall–Kier alpha value is -2.32. The molecule has 1 amide bonds. The second-order valence-corrected chi connectivity index (χ2v) is 5.37. The van der Waals surface area contributed by atoms with Crippen LogP contribution < -0.4 is 10.1 Å². The first-order valence-electron chi connectivity index (χ1n) is 7.24. The normalized spacial score (nSPS) is 12.1. The number of benzene rings is 1. The zero-order chi connectivity index (χ0) is 16.4. The highest BCUT2D eigenvalue weighted by Crippen LogP contribution is 2.13. The van der Waals surface area contributed by atoms with E-state index in [1.54, 1.807) is 30.3 Å². The fourth-order valence-corrected chi connectivity index (χ4v) is 1.96. The van der Waals surface area contributed by atoms with Crippen molar-refractivity contribution in [2.75, 3.05) is 13.2 Å². The van der Waals surface area contributed by atoms with E-state index in [1.165, 1.54) is 6.08 Å². The Morgan fingerprint density at radius 2 is 2.09 bits per heavy atom. The van der Waals surface area contributed by atoms with Crippen LogP contribution in [0.25, 0.3) is 6.08 Å². The molecule has 1 unspecified atom stereocenters. The number of nitrogens with zero attached hydrogens (tertiary/aromatic N) is 1. The number of hydrogen-bond donors (Lipinski definition) is 2. The van der Waals surface area contributed by atoms with Gasteiger partial charge in [0.05, 0.1) is 12.6 Å². The van der Waals surface area contributed by atoms with Crippen LogP contribution >= 0.6 is 0 Å². The van der Waals surface area contributed by atoms with E-state index in [0.717, 1.165) is 12.0 Å². The molecule has 2 N–H and O–H groups in total. The maximum Gasteiger partial charge on any atom is 0.244 e. The monoisotopic (exact) mass is 302 g/mol. The number of hydrogen-bond acceptors (Lipinski definition) is 4. The van der Waals surface area contributed by atoms with Gasteiger partial charge in [0, 0.05) is 6.08 Å². The fraction of sp³-hybridized carbons (Fsp3) is 0.412. The van der Waals surface area contributed by atoms with Crippen molar-refractivity contribution in [3.63, 3.8) is 0 Å². The molecule has 0 saturated carbocycles. The minimum atomic E-state index is -0.232. The van der Waals surface area contributed by atoms with Crippen molar-refractivity contribution in [3.8, 4) is 11.8 Å². The van der Waals surface area contributed by atoms with Crippen molar-refractivity contribution < 1.29 is 14.6 Å². The Bertz CT molecular complexity index is 530. The molecule has 0 radical (unpaired) electrons. The first kappa shape index (κ1) is 17.7. The zero-order valence-corrected chi connectivity index (χ0v) is 13.0. The summed E-state index contributed by atoms with van der Waals surface area (Å²) < 4.78 is 5.15. The minimum absolute atomic E-state index is 0.00991. The average Bonchev–Trinajstić information content (AvgIpc) is 2.50. The van der Waals surface area contributed by atoms with E-state index in [1.807, 2.05) is 19.9 Å². The molecule has 5 heteroatoms. The number of aliphatic hydroxyl groups excluding tert-OH is 1. The van der Waals surface area contributed by atoms with Gasteiger partial charge in [0.1, 0.15) is 11.8 Å². The van der Waals surface area contributed by atoms with E-state index in [4.69, 9.17) is 10.00 Å². The van der Waals surface area contributed by atoms with E-state index < -0.39 is 0 Å². The number of nitriles is 1. The molecule has 1 atom stereocenters. The lowest BCUT2D eigenvalue weighted by atomic mass is 10.0. The van der Waals surface area contributed by atoms with Gasteiger partial charge in [-0.25, -0.2) is 0 Å². The topological polar surface area (TPSA) is 82.3 Å². The fourth-order valence-electron chi connectivity index (χ4n) is 1.96. The second kappa shape index (κ2) is 9.59. The Labute approximate surface area is 131 Å². The smallest absolute Gasteiger partial charge is 0.244 e. The summed E-state index contributed by atoms with van der Waals surface area (Å²) >= 11 is 0. The Morgan fingerprint density at radius 1 is 1.41 bits per heavy atom. The van der Waals surface area contributed by atoms with Crippen LogP contribution in [0.3, 0.4) is 0 Å². The number of carbonyl (C=O) groups is 1. The summed E-state index contributed by atoms with van der Waals surface area (Å²) in [6, 6.07) is 8.76. The molecule has 0 heterocycles. The molecule has 0 aliphatic carbocycles. The number of rotatable bonds is 8. The Morgan fingerprint density at radius 3 is 2.64 bits per heavy atom. The summed E-state index contributed by atoms with van der Waals surface area (Å²) in [5.41, 5.74) is 0.851. The minimum Gasteiger partial charge on any atom is -0.479 e. The van der Waals surface area contributed by atoms with Crippen molar-refractivity contribution in [2.45, 2.75) is 26.3 Å². The van der Waals surface area contributed by atoms with Gasteiger partial charge in [-0.2, -0.15) is 5.26 Å². The summed E-state index contributed by atoms with van der Waals surface area (Å²) in [5.74, 6) is 0.785. The number of carbonyl (C=O) groups excluding carboxylic acids is 1. The first-order valence-corrected chi connectivity index (χ1v) is 7.24. The van der Waals surface area contributed by atoms with E-state index >= 15 is 0 Å². The molecule has 1 rings (SSSR count).